The van der Waals surface area contributed by atoms with E-state index in [4.69, 9.17) is 4.74 Å². The fourth-order valence-electron chi connectivity index (χ4n) is 3.56. The number of rotatable bonds is 4. The molecule has 2 aromatic rings. The standard InChI is InChI=1S/C26H24O4S3/c1-5-21-24(25(27)30-4)32-26(31-21)20-14-22(18-10-6-16(2)7-11-18)33(28,29)23(15-20)19-12-8-17(3)9-13-19/h6-15H,5H2,1-4H3. The van der Waals surface area contributed by atoms with E-state index in [2.05, 4.69) is 0 Å². The third kappa shape index (κ3) is 4.63. The van der Waals surface area contributed by atoms with E-state index < -0.39 is 9.84 Å². The van der Waals surface area contributed by atoms with Gasteiger partial charge in [0.1, 0.15) is 4.91 Å². The van der Waals surface area contributed by atoms with Gasteiger partial charge in [-0.1, -0.05) is 90.1 Å². The summed E-state index contributed by atoms with van der Waals surface area (Å²) < 4.78 is 33.3. The number of aryl methyl sites for hydroxylation is 2. The minimum atomic E-state index is -3.75. The highest BCUT2D eigenvalue weighted by Crippen LogP contribution is 2.54. The Labute approximate surface area is 203 Å². The molecule has 0 fully saturated rings. The van der Waals surface area contributed by atoms with Crippen molar-refractivity contribution in [2.75, 3.05) is 7.11 Å². The van der Waals surface area contributed by atoms with Gasteiger partial charge in [0.25, 0.3) is 0 Å². The van der Waals surface area contributed by atoms with E-state index in [1.807, 2.05) is 69.3 Å². The van der Waals surface area contributed by atoms with Crippen molar-refractivity contribution in [3.05, 3.63) is 103 Å². The molecule has 0 bridgehead atoms. The van der Waals surface area contributed by atoms with E-state index in [1.54, 1.807) is 12.2 Å². The summed E-state index contributed by atoms with van der Waals surface area (Å²) in [7, 11) is -2.38. The van der Waals surface area contributed by atoms with Crippen molar-refractivity contribution in [2.24, 2.45) is 0 Å². The van der Waals surface area contributed by atoms with Gasteiger partial charge in [-0.25, -0.2) is 13.2 Å². The first-order valence-corrected chi connectivity index (χ1v) is 13.6. The molecular weight excluding hydrogens is 472 g/mol. The number of carbonyl (C=O) groups is 1. The van der Waals surface area contributed by atoms with Gasteiger partial charge in [-0.3, -0.25) is 0 Å². The van der Waals surface area contributed by atoms with Crippen LogP contribution in [0.15, 0.2) is 80.3 Å². The van der Waals surface area contributed by atoms with Crippen LogP contribution in [-0.4, -0.2) is 21.5 Å². The Hall–Kier alpha value is -2.48. The Balaban J connectivity index is 1.90. The highest BCUT2D eigenvalue weighted by molar-refractivity contribution is 8.29. The predicted molar refractivity (Wildman–Crippen MR) is 139 cm³/mol. The highest BCUT2D eigenvalue weighted by atomic mass is 32.2. The lowest BCUT2D eigenvalue weighted by Crippen LogP contribution is -2.11. The monoisotopic (exact) mass is 496 g/mol. The molecule has 0 saturated carbocycles. The topological polar surface area (TPSA) is 60.4 Å². The molecule has 4 rings (SSSR count). The SMILES string of the molecule is CCC1=C(C(=O)OC)SC(=C2C=C(c3ccc(C)cc3)S(=O)(=O)C(c3ccc(C)cc3)=C2)S1. The fraction of sp³-hybridized carbons (Fsp3) is 0.192. The molecule has 2 aromatic carbocycles. The second-order valence-electron chi connectivity index (χ2n) is 7.80. The van der Waals surface area contributed by atoms with Crippen LogP contribution in [0, 0.1) is 13.8 Å². The summed E-state index contributed by atoms with van der Waals surface area (Å²) in [6, 6.07) is 15.0. The number of ether oxygens (including phenoxy) is 1. The number of methoxy groups -OCH3 is 1. The van der Waals surface area contributed by atoms with Crippen LogP contribution in [0.4, 0.5) is 0 Å². The molecule has 7 heteroatoms. The van der Waals surface area contributed by atoms with E-state index in [1.165, 1.54) is 30.6 Å². The summed E-state index contributed by atoms with van der Waals surface area (Å²) in [5, 5.41) is 0. The maximum atomic E-state index is 13.7. The zero-order chi connectivity index (χ0) is 23.8. The third-order valence-corrected chi connectivity index (χ3v) is 10.1. The number of benzene rings is 2. The first-order chi connectivity index (χ1) is 15.7. The molecular formula is C26H24O4S3. The molecule has 0 N–H and O–H groups in total. The highest BCUT2D eigenvalue weighted by Gasteiger charge is 2.33. The van der Waals surface area contributed by atoms with Gasteiger partial charge in [0.2, 0.25) is 9.84 Å². The first kappa shape index (κ1) is 23.7. The number of thioether (sulfide) groups is 2. The van der Waals surface area contributed by atoms with E-state index in [-0.39, 0.29) is 15.8 Å². The zero-order valence-electron chi connectivity index (χ0n) is 18.8. The van der Waals surface area contributed by atoms with Crippen LogP contribution in [0.25, 0.3) is 9.81 Å². The minimum Gasteiger partial charge on any atom is -0.465 e. The molecule has 170 valence electrons. The summed E-state index contributed by atoms with van der Waals surface area (Å²) in [6.45, 7) is 5.93. The smallest absolute Gasteiger partial charge is 0.345 e. The lowest BCUT2D eigenvalue weighted by Gasteiger charge is -2.19. The van der Waals surface area contributed by atoms with Crippen LogP contribution in [-0.2, 0) is 19.4 Å². The molecule has 0 amide bonds. The minimum absolute atomic E-state index is 0.258. The fourth-order valence-corrected chi connectivity index (χ4v) is 7.84. The van der Waals surface area contributed by atoms with Crippen molar-refractivity contribution >= 4 is 49.1 Å². The number of allylic oxidation sites excluding steroid dienone is 4. The summed E-state index contributed by atoms with van der Waals surface area (Å²) >= 11 is 2.85. The Morgan fingerprint density at radius 3 is 1.76 bits per heavy atom. The van der Waals surface area contributed by atoms with Crippen LogP contribution in [0.1, 0.15) is 35.6 Å². The maximum absolute atomic E-state index is 13.7. The summed E-state index contributed by atoms with van der Waals surface area (Å²) in [5.74, 6) is -0.367. The first-order valence-electron chi connectivity index (χ1n) is 10.5. The van der Waals surface area contributed by atoms with Gasteiger partial charge < -0.3 is 4.74 Å². The largest absolute Gasteiger partial charge is 0.465 e. The number of carbonyl (C=O) groups excluding carboxylic acids is 1. The summed E-state index contributed by atoms with van der Waals surface area (Å²) in [5.41, 5.74) is 4.17. The molecule has 0 aliphatic carbocycles. The quantitative estimate of drug-likeness (QED) is 0.445. The second-order valence-corrected chi connectivity index (χ2v) is 12.1. The van der Waals surface area contributed by atoms with E-state index in [0.717, 1.165) is 25.8 Å². The average Bonchev–Trinajstić information content (AvgIpc) is 3.24. The van der Waals surface area contributed by atoms with Crippen LogP contribution < -0.4 is 0 Å². The molecule has 33 heavy (non-hydrogen) atoms. The second kappa shape index (κ2) is 9.41. The molecule has 0 radical (unpaired) electrons. The normalized spacial score (nSPS) is 17.7. The van der Waals surface area contributed by atoms with Gasteiger partial charge in [-0.15, -0.1) is 0 Å². The molecule has 2 aliphatic heterocycles. The van der Waals surface area contributed by atoms with Crippen molar-refractivity contribution in [1.82, 2.24) is 0 Å². The van der Waals surface area contributed by atoms with Crippen molar-refractivity contribution in [1.29, 1.82) is 0 Å². The average molecular weight is 497 g/mol. The van der Waals surface area contributed by atoms with Crippen LogP contribution in [0.5, 0.6) is 0 Å². The zero-order valence-corrected chi connectivity index (χ0v) is 21.3. The van der Waals surface area contributed by atoms with Crippen molar-refractivity contribution in [3.8, 4) is 0 Å². The number of hydrogen-bond acceptors (Lipinski definition) is 6. The third-order valence-electron chi connectivity index (χ3n) is 5.42. The van der Waals surface area contributed by atoms with Gasteiger partial charge >= 0.3 is 5.97 Å². The van der Waals surface area contributed by atoms with Gasteiger partial charge in [-0.05, 0) is 49.1 Å². The van der Waals surface area contributed by atoms with E-state index >= 15 is 0 Å². The molecule has 0 aromatic heterocycles. The van der Waals surface area contributed by atoms with Crippen molar-refractivity contribution in [2.45, 2.75) is 27.2 Å². The van der Waals surface area contributed by atoms with Gasteiger partial charge in [-0.2, -0.15) is 0 Å². The summed E-state index contributed by atoms with van der Waals surface area (Å²) in [6.07, 6.45) is 4.14. The Morgan fingerprint density at radius 1 is 0.848 bits per heavy atom. The van der Waals surface area contributed by atoms with Crippen molar-refractivity contribution in [3.63, 3.8) is 0 Å². The molecule has 2 aliphatic rings. The Bertz CT molecular complexity index is 1270. The van der Waals surface area contributed by atoms with Gasteiger partial charge in [0.05, 0.1) is 21.2 Å². The number of sulfone groups is 1. The summed E-state index contributed by atoms with van der Waals surface area (Å²) in [4.78, 5) is 14.3. The molecule has 0 atom stereocenters. The molecule has 4 nitrogen and oxygen atoms in total. The number of esters is 1. The van der Waals surface area contributed by atoms with Gasteiger partial charge in [0.15, 0.2) is 0 Å². The van der Waals surface area contributed by atoms with E-state index in [0.29, 0.717) is 22.5 Å². The number of hydrogen-bond donors (Lipinski definition) is 0. The van der Waals surface area contributed by atoms with Gasteiger partial charge in [0, 0.05) is 4.91 Å². The lowest BCUT2D eigenvalue weighted by molar-refractivity contribution is -0.135. The van der Waals surface area contributed by atoms with Crippen LogP contribution in [0.2, 0.25) is 0 Å². The molecule has 0 unspecified atom stereocenters. The molecule has 2 heterocycles. The molecule has 0 saturated heterocycles. The van der Waals surface area contributed by atoms with E-state index in [9.17, 15) is 13.2 Å². The molecule has 0 spiro atoms. The maximum Gasteiger partial charge on any atom is 0.345 e. The van der Waals surface area contributed by atoms with Crippen molar-refractivity contribution < 1.29 is 17.9 Å². The Morgan fingerprint density at radius 2 is 1.33 bits per heavy atom. The predicted octanol–water partition coefficient (Wildman–Crippen LogP) is 6.60. The van der Waals surface area contributed by atoms with Crippen LogP contribution >= 0.6 is 23.5 Å². The lowest BCUT2D eigenvalue weighted by atomic mass is 10.1. The van der Waals surface area contributed by atoms with Crippen LogP contribution in [0.3, 0.4) is 0 Å². The Kier molecular flexibility index (Phi) is 6.75.